The highest BCUT2D eigenvalue weighted by molar-refractivity contribution is 6.07. The van der Waals surface area contributed by atoms with E-state index in [1.54, 1.807) is 0 Å². The summed E-state index contributed by atoms with van der Waals surface area (Å²) in [5, 5.41) is 8.19. The fraction of sp³-hybridized carbons (Fsp3) is 0.667. The number of nitrogens with two attached hydrogens (primary N) is 1. The molecule has 4 aliphatic rings. The zero-order chi connectivity index (χ0) is 14.4. The van der Waals surface area contributed by atoms with E-state index in [0.29, 0.717) is 5.96 Å². The van der Waals surface area contributed by atoms with Crippen LogP contribution in [0.5, 0.6) is 0 Å². The molecule has 21 heavy (non-hydrogen) atoms. The van der Waals surface area contributed by atoms with Gasteiger partial charge in [-0.15, -0.1) is 0 Å². The maximum absolute atomic E-state index is 8.19. The molecule has 0 bridgehead atoms. The van der Waals surface area contributed by atoms with Crippen LogP contribution < -0.4 is 5.73 Å². The summed E-state index contributed by atoms with van der Waals surface area (Å²) in [7, 11) is 0. The predicted octanol–water partition coefficient (Wildman–Crippen LogP) is -1.79. The number of aliphatic imine (C=N–C) groups is 3. The molecule has 2 saturated heterocycles. The number of nitrogens with zero attached hydrogens (tertiary/aromatic N) is 7. The molecule has 0 radical (unpaired) electrons. The third-order valence-electron chi connectivity index (χ3n) is 4.23. The molecular weight excluding hydrogens is 270 g/mol. The molecule has 9 heteroatoms. The van der Waals surface area contributed by atoms with E-state index in [4.69, 9.17) is 11.1 Å². The van der Waals surface area contributed by atoms with Gasteiger partial charge in [-0.25, -0.2) is 0 Å². The number of nitrogens with one attached hydrogen (secondary N) is 1. The van der Waals surface area contributed by atoms with Crippen LogP contribution in [0.2, 0.25) is 0 Å². The zero-order valence-electron chi connectivity index (χ0n) is 11.9. The van der Waals surface area contributed by atoms with E-state index in [9.17, 15) is 0 Å². The predicted molar refractivity (Wildman–Crippen MR) is 80.5 cm³/mol. The summed E-state index contributed by atoms with van der Waals surface area (Å²) in [6.07, 6.45) is 0. The standard InChI is InChI=1S/C12H19N9/c13-9(20-7-5-18-3-1-15-11(18)20)17-10(14)21-8-6-19-4-2-16-12(19)21/h1-8H2,(H3,13,14,17). The van der Waals surface area contributed by atoms with Crippen LogP contribution in [0.25, 0.3) is 0 Å². The first-order chi connectivity index (χ1) is 10.2. The SMILES string of the molecule is N=C(/N=C(\N)N1CCN2CCN=C21)N1CCN2CCN=C21. The molecule has 0 aromatic carbocycles. The lowest BCUT2D eigenvalue weighted by atomic mass is 10.5. The van der Waals surface area contributed by atoms with Gasteiger partial charge in [0.05, 0.1) is 13.1 Å². The second-order valence-electron chi connectivity index (χ2n) is 5.43. The van der Waals surface area contributed by atoms with Crippen LogP contribution in [0.3, 0.4) is 0 Å². The Morgan fingerprint density at radius 2 is 1.48 bits per heavy atom. The lowest BCUT2D eigenvalue weighted by Gasteiger charge is -2.20. The topological polar surface area (TPSA) is 99.9 Å². The largest absolute Gasteiger partial charge is 0.369 e. The van der Waals surface area contributed by atoms with Gasteiger partial charge in [0.25, 0.3) is 0 Å². The molecule has 0 spiro atoms. The molecule has 112 valence electrons. The van der Waals surface area contributed by atoms with Crippen molar-refractivity contribution in [1.29, 1.82) is 5.41 Å². The Hall–Kier alpha value is -2.32. The average molecular weight is 289 g/mol. The summed E-state index contributed by atoms with van der Waals surface area (Å²) >= 11 is 0. The Balaban J connectivity index is 1.50. The number of hydrogen-bond acceptors (Lipinski definition) is 5. The third-order valence-corrected chi connectivity index (χ3v) is 4.23. The van der Waals surface area contributed by atoms with Gasteiger partial charge in [0, 0.05) is 39.3 Å². The number of guanidine groups is 4. The Morgan fingerprint density at radius 1 is 0.905 bits per heavy atom. The van der Waals surface area contributed by atoms with Gasteiger partial charge in [0.1, 0.15) is 0 Å². The lowest BCUT2D eigenvalue weighted by Crippen LogP contribution is -2.42. The van der Waals surface area contributed by atoms with Gasteiger partial charge in [-0.05, 0) is 0 Å². The van der Waals surface area contributed by atoms with Gasteiger partial charge in [-0.2, -0.15) is 4.99 Å². The highest BCUT2D eigenvalue weighted by atomic mass is 15.5. The molecule has 0 aromatic heterocycles. The summed E-state index contributed by atoms with van der Waals surface area (Å²) < 4.78 is 0. The van der Waals surface area contributed by atoms with Gasteiger partial charge < -0.3 is 15.5 Å². The van der Waals surface area contributed by atoms with Crippen molar-refractivity contribution in [1.82, 2.24) is 19.6 Å². The van der Waals surface area contributed by atoms with Crippen molar-refractivity contribution in [3.63, 3.8) is 0 Å². The van der Waals surface area contributed by atoms with Crippen LogP contribution in [0.1, 0.15) is 0 Å². The summed E-state index contributed by atoms with van der Waals surface area (Å²) in [5.74, 6) is 2.26. The maximum atomic E-state index is 8.19. The van der Waals surface area contributed by atoms with Crippen molar-refractivity contribution in [3.8, 4) is 0 Å². The van der Waals surface area contributed by atoms with Crippen molar-refractivity contribution < 1.29 is 0 Å². The normalized spacial score (nSPS) is 24.5. The third kappa shape index (κ3) is 1.91. The van der Waals surface area contributed by atoms with E-state index in [1.165, 1.54) is 0 Å². The van der Waals surface area contributed by atoms with Crippen LogP contribution in [-0.4, -0.2) is 95.8 Å². The summed E-state index contributed by atoms with van der Waals surface area (Å²) in [5.41, 5.74) is 6.09. The van der Waals surface area contributed by atoms with Crippen LogP contribution in [-0.2, 0) is 0 Å². The number of rotatable bonds is 0. The molecule has 0 atom stereocenters. The maximum Gasteiger partial charge on any atom is 0.227 e. The van der Waals surface area contributed by atoms with Gasteiger partial charge in [0.15, 0.2) is 0 Å². The zero-order valence-corrected chi connectivity index (χ0v) is 11.9. The van der Waals surface area contributed by atoms with Gasteiger partial charge in [0.2, 0.25) is 23.8 Å². The van der Waals surface area contributed by atoms with Gasteiger partial charge in [-0.3, -0.25) is 25.2 Å². The van der Waals surface area contributed by atoms with Crippen LogP contribution in [0, 0.1) is 5.41 Å². The quantitative estimate of drug-likeness (QED) is 0.405. The molecule has 0 amide bonds. The second kappa shape index (κ2) is 4.61. The number of hydrogen-bond donors (Lipinski definition) is 2. The van der Waals surface area contributed by atoms with E-state index in [0.717, 1.165) is 64.3 Å². The molecule has 9 nitrogen and oxygen atoms in total. The molecule has 2 fully saturated rings. The average Bonchev–Trinajstić information content (AvgIpc) is 3.18. The monoisotopic (exact) mass is 289 g/mol. The summed E-state index contributed by atoms with van der Waals surface area (Å²) in [6.45, 7) is 6.87. The highest BCUT2D eigenvalue weighted by Crippen LogP contribution is 2.16. The van der Waals surface area contributed by atoms with E-state index in [1.807, 2.05) is 9.80 Å². The van der Waals surface area contributed by atoms with E-state index < -0.39 is 0 Å². The number of fused-ring (bicyclic) bond motifs is 2. The molecule has 3 N–H and O–H groups in total. The van der Waals surface area contributed by atoms with E-state index >= 15 is 0 Å². The van der Waals surface area contributed by atoms with Crippen LogP contribution >= 0.6 is 0 Å². The smallest absolute Gasteiger partial charge is 0.227 e. The summed E-state index contributed by atoms with van der Waals surface area (Å²) in [6, 6.07) is 0. The van der Waals surface area contributed by atoms with E-state index in [2.05, 4.69) is 24.8 Å². The van der Waals surface area contributed by atoms with Crippen molar-refractivity contribution in [3.05, 3.63) is 0 Å². The van der Waals surface area contributed by atoms with Crippen LogP contribution in [0.15, 0.2) is 15.0 Å². The molecule has 4 aliphatic heterocycles. The first-order valence-corrected chi connectivity index (χ1v) is 7.30. The van der Waals surface area contributed by atoms with Crippen molar-refractivity contribution in [2.24, 2.45) is 20.7 Å². The highest BCUT2D eigenvalue weighted by Gasteiger charge is 2.34. The molecule has 0 aromatic rings. The second-order valence-corrected chi connectivity index (χ2v) is 5.43. The Bertz CT molecular complexity index is 563. The minimum Gasteiger partial charge on any atom is -0.369 e. The van der Waals surface area contributed by atoms with Crippen molar-refractivity contribution in [2.75, 3.05) is 52.4 Å². The summed E-state index contributed by atoms with van der Waals surface area (Å²) in [4.78, 5) is 21.3. The lowest BCUT2D eigenvalue weighted by molar-refractivity contribution is 0.501. The Kier molecular flexibility index (Phi) is 2.72. The first-order valence-electron chi connectivity index (χ1n) is 7.30. The fourth-order valence-electron chi connectivity index (χ4n) is 3.17. The minimum atomic E-state index is 0.160. The molecule has 4 heterocycles. The Morgan fingerprint density at radius 3 is 2.14 bits per heavy atom. The minimum absolute atomic E-state index is 0.160. The molecule has 0 saturated carbocycles. The molecule has 4 rings (SSSR count). The van der Waals surface area contributed by atoms with Crippen molar-refractivity contribution in [2.45, 2.75) is 0 Å². The van der Waals surface area contributed by atoms with Crippen molar-refractivity contribution >= 4 is 23.8 Å². The van der Waals surface area contributed by atoms with Gasteiger partial charge >= 0.3 is 0 Å². The molecule has 0 aliphatic carbocycles. The fourth-order valence-corrected chi connectivity index (χ4v) is 3.17. The van der Waals surface area contributed by atoms with E-state index in [-0.39, 0.29) is 5.96 Å². The van der Waals surface area contributed by atoms with Crippen LogP contribution in [0.4, 0.5) is 0 Å². The molecule has 0 unspecified atom stereocenters. The Labute approximate surface area is 122 Å². The molecular formula is C12H19N9. The first kappa shape index (κ1) is 12.4. The van der Waals surface area contributed by atoms with Gasteiger partial charge in [-0.1, -0.05) is 0 Å².